The molecule has 0 aliphatic carbocycles. The van der Waals surface area contributed by atoms with Gasteiger partial charge in [-0.05, 0) is 40.2 Å². The van der Waals surface area contributed by atoms with Crippen LogP contribution in [0.1, 0.15) is 58.2 Å². The first-order valence-corrected chi connectivity index (χ1v) is 8.59. The molecule has 0 amide bonds. The van der Waals surface area contributed by atoms with Gasteiger partial charge >= 0.3 is 0 Å². The second kappa shape index (κ2) is 6.91. The van der Waals surface area contributed by atoms with E-state index in [0.717, 1.165) is 5.69 Å². The fourth-order valence-corrected chi connectivity index (χ4v) is 2.69. The lowest BCUT2D eigenvalue weighted by Crippen LogP contribution is -2.15. The van der Waals surface area contributed by atoms with E-state index in [4.69, 9.17) is 9.73 Å². The highest BCUT2D eigenvalue weighted by Crippen LogP contribution is 2.36. The molecule has 0 fully saturated rings. The molecule has 3 heteroatoms. The van der Waals surface area contributed by atoms with Crippen molar-refractivity contribution >= 4 is 11.9 Å². The second-order valence-corrected chi connectivity index (χ2v) is 8.39. The van der Waals surface area contributed by atoms with Crippen LogP contribution in [-0.2, 0) is 10.8 Å². The van der Waals surface area contributed by atoms with E-state index in [2.05, 4.69) is 59.7 Å². The van der Waals surface area contributed by atoms with Crippen molar-refractivity contribution in [3.8, 4) is 11.5 Å². The Balaban J connectivity index is 2.53. The van der Waals surface area contributed by atoms with Crippen molar-refractivity contribution in [1.29, 1.82) is 0 Å². The van der Waals surface area contributed by atoms with Gasteiger partial charge in [0.1, 0.15) is 0 Å². The number of para-hydroxylation sites is 1. The van der Waals surface area contributed by atoms with Gasteiger partial charge in [0.15, 0.2) is 11.5 Å². The van der Waals surface area contributed by atoms with E-state index in [9.17, 15) is 5.11 Å². The Morgan fingerprint density at radius 3 is 2.20 bits per heavy atom. The van der Waals surface area contributed by atoms with Crippen LogP contribution in [0.25, 0.3) is 0 Å². The SMILES string of the molecule is COc1cccc(C=Nc2cc(C(C)(C)C)ccc2C(C)(C)C)c1O. The van der Waals surface area contributed by atoms with Crippen LogP contribution < -0.4 is 4.74 Å². The van der Waals surface area contributed by atoms with E-state index < -0.39 is 0 Å². The van der Waals surface area contributed by atoms with Crippen LogP contribution in [0.4, 0.5) is 5.69 Å². The Hall–Kier alpha value is -2.29. The minimum Gasteiger partial charge on any atom is -0.504 e. The number of hydrogen-bond donors (Lipinski definition) is 1. The molecule has 1 N–H and O–H groups in total. The van der Waals surface area contributed by atoms with Gasteiger partial charge in [0.2, 0.25) is 0 Å². The van der Waals surface area contributed by atoms with Crippen molar-refractivity contribution < 1.29 is 9.84 Å². The van der Waals surface area contributed by atoms with Crippen molar-refractivity contribution in [3.63, 3.8) is 0 Å². The number of methoxy groups -OCH3 is 1. The molecule has 2 aromatic carbocycles. The summed E-state index contributed by atoms with van der Waals surface area (Å²) in [4.78, 5) is 4.71. The third-order valence-electron chi connectivity index (χ3n) is 4.26. The van der Waals surface area contributed by atoms with E-state index in [1.807, 2.05) is 12.1 Å². The summed E-state index contributed by atoms with van der Waals surface area (Å²) >= 11 is 0. The lowest BCUT2D eigenvalue weighted by atomic mass is 9.81. The fourth-order valence-electron chi connectivity index (χ4n) is 2.69. The maximum absolute atomic E-state index is 10.3. The van der Waals surface area contributed by atoms with Gasteiger partial charge < -0.3 is 9.84 Å². The number of aromatic hydroxyl groups is 1. The number of hydrogen-bond acceptors (Lipinski definition) is 3. The molecule has 0 aliphatic heterocycles. The number of aliphatic imine (C=N–C) groups is 1. The summed E-state index contributed by atoms with van der Waals surface area (Å²) in [6, 6.07) is 11.9. The Bertz CT molecular complexity index is 778. The minimum absolute atomic E-state index is 0.0144. The summed E-state index contributed by atoms with van der Waals surface area (Å²) in [5.41, 5.74) is 4.03. The molecule has 25 heavy (non-hydrogen) atoms. The number of nitrogens with zero attached hydrogens (tertiary/aromatic N) is 1. The summed E-state index contributed by atoms with van der Waals surface area (Å²) in [5.74, 6) is 0.557. The normalized spacial score (nSPS) is 12.6. The lowest BCUT2D eigenvalue weighted by Gasteiger charge is -2.25. The zero-order chi connectivity index (χ0) is 18.8. The molecular formula is C22H29NO2. The second-order valence-electron chi connectivity index (χ2n) is 8.39. The summed E-state index contributed by atoms with van der Waals surface area (Å²) in [7, 11) is 1.54. The van der Waals surface area contributed by atoms with Gasteiger partial charge in [-0.2, -0.15) is 0 Å². The highest BCUT2D eigenvalue weighted by Gasteiger charge is 2.21. The van der Waals surface area contributed by atoms with E-state index in [0.29, 0.717) is 11.3 Å². The predicted molar refractivity (Wildman–Crippen MR) is 106 cm³/mol. The van der Waals surface area contributed by atoms with E-state index >= 15 is 0 Å². The fraction of sp³-hybridized carbons (Fsp3) is 0.409. The van der Waals surface area contributed by atoms with Gasteiger partial charge in [-0.15, -0.1) is 0 Å². The van der Waals surface area contributed by atoms with Crippen LogP contribution in [0.5, 0.6) is 11.5 Å². The van der Waals surface area contributed by atoms with Gasteiger partial charge in [-0.3, -0.25) is 4.99 Å². The zero-order valence-electron chi connectivity index (χ0n) is 16.3. The molecule has 0 unspecified atom stereocenters. The summed E-state index contributed by atoms with van der Waals surface area (Å²) < 4.78 is 5.17. The van der Waals surface area contributed by atoms with Gasteiger partial charge in [0.05, 0.1) is 12.8 Å². The molecule has 2 rings (SSSR count). The molecule has 0 atom stereocenters. The molecule has 0 spiro atoms. The minimum atomic E-state index is -0.0144. The van der Waals surface area contributed by atoms with Crippen LogP contribution in [0.15, 0.2) is 41.4 Å². The van der Waals surface area contributed by atoms with Gasteiger partial charge in [-0.25, -0.2) is 0 Å². The third kappa shape index (κ3) is 4.41. The van der Waals surface area contributed by atoms with Gasteiger partial charge in [0, 0.05) is 11.8 Å². The van der Waals surface area contributed by atoms with Crippen LogP contribution in [-0.4, -0.2) is 18.4 Å². The molecule has 2 aromatic rings. The largest absolute Gasteiger partial charge is 0.504 e. The predicted octanol–water partition coefficient (Wildman–Crippen LogP) is 5.75. The Labute approximate surface area is 151 Å². The van der Waals surface area contributed by atoms with Crippen molar-refractivity contribution in [1.82, 2.24) is 0 Å². The maximum atomic E-state index is 10.3. The first-order valence-electron chi connectivity index (χ1n) is 8.59. The molecule has 3 nitrogen and oxygen atoms in total. The monoisotopic (exact) mass is 339 g/mol. The van der Waals surface area contributed by atoms with Crippen molar-refractivity contribution in [2.75, 3.05) is 7.11 Å². The molecule has 0 aliphatic rings. The quantitative estimate of drug-likeness (QED) is 0.724. The highest BCUT2D eigenvalue weighted by atomic mass is 16.5. The standard InChI is InChI=1S/C22H29NO2/c1-21(2,3)16-11-12-17(22(4,5)6)18(13-16)23-14-15-9-8-10-19(25-7)20(15)24/h8-14,24H,1-7H3. The summed E-state index contributed by atoms with van der Waals surface area (Å²) in [6.07, 6.45) is 1.70. The first-order chi connectivity index (χ1) is 11.5. The van der Waals surface area contributed by atoms with Crippen LogP contribution in [0.3, 0.4) is 0 Å². The highest BCUT2D eigenvalue weighted by molar-refractivity contribution is 5.87. The molecule has 0 radical (unpaired) electrons. The molecular weight excluding hydrogens is 310 g/mol. The Morgan fingerprint density at radius 2 is 1.64 bits per heavy atom. The van der Waals surface area contributed by atoms with Crippen molar-refractivity contribution in [2.24, 2.45) is 4.99 Å². The van der Waals surface area contributed by atoms with Crippen LogP contribution >= 0.6 is 0 Å². The molecule has 0 saturated heterocycles. The molecule has 134 valence electrons. The number of phenolic OH excluding ortho intramolecular Hbond substituents is 1. The van der Waals surface area contributed by atoms with E-state index in [1.54, 1.807) is 19.4 Å². The maximum Gasteiger partial charge on any atom is 0.166 e. The number of rotatable bonds is 3. The number of benzene rings is 2. The Morgan fingerprint density at radius 1 is 0.960 bits per heavy atom. The first kappa shape index (κ1) is 19.0. The van der Waals surface area contributed by atoms with E-state index in [1.165, 1.54) is 11.1 Å². The van der Waals surface area contributed by atoms with E-state index in [-0.39, 0.29) is 16.6 Å². The van der Waals surface area contributed by atoms with Crippen LogP contribution in [0, 0.1) is 0 Å². The number of ether oxygens (including phenoxy) is 1. The van der Waals surface area contributed by atoms with Crippen molar-refractivity contribution in [2.45, 2.75) is 52.4 Å². The third-order valence-corrected chi connectivity index (χ3v) is 4.26. The Kier molecular flexibility index (Phi) is 5.26. The molecule has 0 bridgehead atoms. The average molecular weight is 339 g/mol. The van der Waals surface area contributed by atoms with Gasteiger partial charge in [-0.1, -0.05) is 59.7 Å². The average Bonchev–Trinajstić information content (AvgIpc) is 2.52. The molecule has 0 aromatic heterocycles. The van der Waals surface area contributed by atoms with Gasteiger partial charge in [0.25, 0.3) is 0 Å². The number of phenols is 1. The summed E-state index contributed by atoms with van der Waals surface area (Å²) in [6.45, 7) is 13.1. The van der Waals surface area contributed by atoms with Crippen molar-refractivity contribution in [3.05, 3.63) is 53.1 Å². The zero-order valence-corrected chi connectivity index (χ0v) is 16.3. The topological polar surface area (TPSA) is 41.8 Å². The smallest absolute Gasteiger partial charge is 0.166 e. The van der Waals surface area contributed by atoms with Crippen LogP contribution in [0.2, 0.25) is 0 Å². The molecule has 0 saturated carbocycles. The molecule has 0 heterocycles. The lowest BCUT2D eigenvalue weighted by molar-refractivity contribution is 0.373. The summed E-state index contributed by atoms with van der Waals surface area (Å²) in [5, 5.41) is 10.3.